The van der Waals surface area contributed by atoms with E-state index in [4.69, 9.17) is 9.47 Å². The summed E-state index contributed by atoms with van der Waals surface area (Å²) in [6.07, 6.45) is 5.59. The average Bonchev–Trinajstić information content (AvgIpc) is 3.28. The van der Waals surface area contributed by atoms with Crippen LogP contribution in [0.3, 0.4) is 0 Å². The van der Waals surface area contributed by atoms with E-state index in [-0.39, 0.29) is 11.8 Å². The highest BCUT2D eigenvalue weighted by Crippen LogP contribution is 2.37. The third kappa shape index (κ3) is 3.72. The summed E-state index contributed by atoms with van der Waals surface area (Å²) in [5.74, 6) is 1.01. The molecule has 10 nitrogen and oxygen atoms in total. The highest BCUT2D eigenvalue weighted by Gasteiger charge is 2.27. The van der Waals surface area contributed by atoms with E-state index in [1.54, 1.807) is 30.4 Å². The van der Waals surface area contributed by atoms with Crippen LogP contribution in [0.25, 0.3) is 11.5 Å². The van der Waals surface area contributed by atoms with Crippen LogP contribution in [-0.2, 0) is 11.3 Å². The minimum absolute atomic E-state index is 0.248. The maximum absolute atomic E-state index is 12.7. The van der Waals surface area contributed by atoms with Gasteiger partial charge in [-0.2, -0.15) is 0 Å². The Hall–Kier alpha value is -3.27. The van der Waals surface area contributed by atoms with E-state index in [1.165, 1.54) is 7.11 Å². The van der Waals surface area contributed by atoms with Crippen molar-refractivity contribution in [2.45, 2.75) is 25.4 Å². The number of rotatable bonds is 8. The van der Waals surface area contributed by atoms with Gasteiger partial charge in [0.05, 0.1) is 20.3 Å². The summed E-state index contributed by atoms with van der Waals surface area (Å²) >= 11 is 0. The molecule has 28 heavy (non-hydrogen) atoms. The van der Waals surface area contributed by atoms with Gasteiger partial charge in [-0.3, -0.25) is 9.48 Å². The van der Waals surface area contributed by atoms with Gasteiger partial charge in [0.15, 0.2) is 5.82 Å². The van der Waals surface area contributed by atoms with Crippen molar-refractivity contribution in [2.75, 3.05) is 26.1 Å². The van der Waals surface area contributed by atoms with E-state index in [0.717, 1.165) is 12.8 Å². The Labute approximate surface area is 161 Å². The van der Waals surface area contributed by atoms with Crippen LogP contribution >= 0.6 is 0 Å². The normalized spacial score (nSPS) is 13.5. The predicted octanol–water partition coefficient (Wildman–Crippen LogP) is 1.78. The summed E-state index contributed by atoms with van der Waals surface area (Å²) in [6.45, 7) is 1.00. The second kappa shape index (κ2) is 7.77. The van der Waals surface area contributed by atoms with Crippen molar-refractivity contribution in [3.8, 4) is 17.4 Å². The van der Waals surface area contributed by atoms with Gasteiger partial charge in [-0.1, -0.05) is 6.07 Å². The van der Waals surface area contributed by atoms with E-state index >= 15 is 0 Å². The molecule has 0 unspecified atom stereocenters. The maximum Gasteiger partial charge on any atom is 0.263 e. The van der Waals surface area contributed by atoms with Gasteiger partial charge >= 0.3 is 0 Å². The molecule has 0 spiro atoms. The van der Waals surface area contributed by atoms with Crippen molar-refractivity contribution < 1.29 is 14.3 Å². The van der Waals surface area contributed by atoms with E-state index in [1.807, 2.05) is 16.7 Å². The van der Waals surface area contributed by atoms with Gasteiger partial charge in [0.25, 0.3) is 5.91 Å². The Kier molecular flexibility index (Phi) is 5.02. The molecule has 1 aliphatic rings. The molecule has 3 aromatic heterocycles. The second-order valence-corrected chi connectivity index (χ2v) is 6.46. The zero-order valence-electron chi connectivity index (χ0n) is 15.7. The average molecular weight is 383 g/mol. The Morgan fingerprint density at radius 2 is 2.18 bits per heavy atom. The number of hydrogen-bond acceptors (Lipinski definition) is 7. The molecule has 146 valence electrons. The van der Waals surface area contributed by atoms with Crippen molar-refractivity contribution in [3.05, 3.63) is 36.3 Å². The molecule has 1 aliphatic carbocycles. The lowest BCUT2D eigenvalue weighted by Crippen LogP contribution is -2.13. The fraction of sp³-hybridized carbons (Fsp3) is 0.389. The first kappa shape index (κ1) is 18.1. The summed E-state index contributed by atoms with van der Waals surface area (Å²) in [5.41, 5.74) is 0.983. The molecule has 0 aliphatic heterocycles. The van der Waals surface area contributed by atoms with E-state index in [9.17, 15) is 4.79 Å². The number of amides is 1. The van der Waals surface area contributed by atoms with Crippen LogP contribution < -0.4 is 10.1 Å². The quantitative estimate of drug-likeness (QED) is 0.631. The standard InChI is InChI=1S/C18H21N7O3/c1-27-9-8-24-10-13(18(23-24)28-2)17(26)21-15-5-3-4-14(20-15)16-22-19-11-25(16)12-6-7-12/h3-5,10-12H,6-9H2,1-2H3,(H,20,21,26). The summed E-state index contributed by atoms with van der Waals surface area (Å²) in [6, 6.07) is 5.83. The molecule has 1 saturated carbocycles. The molecule has 10 heteroatoms. The molecule has 1 fully saturated rings. The van der Waals surface area contributed by atoms with Crippen LogP contribution in [0.5, 0.6) is 5.88 Å². The smallest absolute Gasteiger partial charge is 0.263 e. The monoisotopic (exact) mass is 383 g/mol. The number of pyridine rings is 1. The zero-order valence-corrected chi connectivity index (χ0v) is 15.7. The minimum Gasteiger partial charge on any atom is -0.479 e. The van der Waals surface area contributed by atoms with Crippen LogP contribution in [0.4, 0.5) is 5.82 Å². The number of methoxy groups -OCH3 is 2. The van der Waals surface area contributed by atoms with E-state index < -0.39 is 0 Å². The number of carbonyl (C=O) groups is 1. The third-order valence-electron chi connectivity index (χ3n) is 4.42. The third-order valence-corrected chi connectivity index (χ3v) is 4.42. The lowest BCUT2D eigenvalue weighted by molar-refractivity contribution is 0.102. The largest absolute Gasteiger partial charge is 0.479 e. The summed E-state index contributed by atoms with van der Waals surface area (Å²) < 4.78 is 13.9. The second-order valence-electron chi connectivity index (χ2n) is 6.46. The Bertz CT molecular complexity index is 977. The fourth-order valence-corrected chi connectivity index (χ4v) is 2.87. The molecule has 0 atom stereocenters. The van der Waals surface area contributed by atoms with E-state index in [0.29, 0.717) is 42.1 Å². The molecule has 1 amide bonds. The Balaban J connectivity index is 1.54. The number of aromatic nitrogens is 6. The fourth-order valence-electron chi connectivity index (χ4n) is 2.87. The molecule has 1 N–H and O–H groups in total. The topological polar surface area (TPSA) is 109 Å². The number of ether oxygens (including phenoxy) is 2. The van der Waals surface area contributed by atoms with Gasteiger partial charge in [0, 0.05) is 19.3 Å². The van der Waals surface area contributed by atoms with Crippen LogP contribution in [0.2, 0.25) is 0 Å². The SMILES string of the molecule is COCCn1cc(C(=O)Nc2cccc(-c3nncn3C3CC3)n2)c(OC)n1. The first-order valence-electron chi connectivity index (χ1n) is 8.98. The summed E-state index contributed by atoms with van der Waals surface area (Å²) in [4.78, 5) is 17.2. The Morgan fingerprint density at radius 1 is 1.32 bits per heavy atom. The molecular weight excluding hydrogens is 362 g/mol. The van der Waals surface area contributed by atoms with Gasteiger partial charge in [-0.15, -0.1) is 15.3 Å². The lowest BCUT2D eigenvalue weighted by Gasteiger charge is -2.07. The van der Waals surface area contributed by atoms with Crippen molar-refractivity contribution in [1.29, 1.82) is 0 Å². The van der Waals surface area contributed by atoms with Gasteiger partial charge in [0.2, 0.25) is 5.88 Å². The molecule has 0 saturated heterocycles. The summed E-state index contributed by atoms with van der Waals surface area (Å²) in [5, 5.41) is 15.2. The molecule has 3 heterocycles. The first-order chi connectivity index (χ1) is 13.7. The lowest BCUT2D eigenvalue weighted by atomic mass is 10.3. The number of nitrogens with zero attached hydrogens (tertiary/aromatic N) is 6. The minimum atomic E-state index is -0.353. The van der Waals surface area contributed by atoms with Gasteiger partial charge < -0.3 is 19.4 Å². The van der Waals surface area contributed by atoms with Crippen LogP contribution in [0.1, 0.15) is 29.2 Å². The van der Waals surface area contributed by atoms with Crippen LogP contribution in [0.15, 0.2) is 30.7 Å². The first-order valence-corrected chi connectivity index (χ1v) is 8.98. The predicted molar refractivity (Wildman–Crippen MR) is 100 cm³/mol. The van der Waals surface area contributed by atoms with Crippen molar-refractivity contribution in [2.24, 2.45) is 0 Å². The zero-order chi connectivity index (χ0) is 19.5. The maximum atomic E-state index is 12.7. The van der Waals surface area contributed by atoms with E-state index in [2.05, 4.69) is 25.6 Å². The number of hydrogen-bond donors (Lipinski definition) is 1. The molecule has 0 bridgehead atoms. The van der Waals surface area contributed by atoms with Gasteiger partial charge in [-0.05, 0) is 25.0 Å². The number of nitrogens with one attached hydrogen (secondary N) is 1. The molecule has 4 rings (SSSR count). The highest BCUT2D eigenvalue weighted by molar-refractivity contribution is 6.05. The van der Waals surface area contributed by atoms with Gasteiger partial charge in [-0.25, -0.2) is 4.98 Å². The number of anilines is 1. The Morgan fingerprint density at radius 3 is 2.93 bits per heavy atom. The van der Waals surface area contributed by atoms with Gasteiger partial charge in [0.1, 0.15) is 23.4 Å². The summed E-state index contributed by atoms with van der Waals surface area (Å²) in [7, 11) is 3.08. The molecule has 3 aromatic rings. The van der Waals surface area contributed by atoms with Crippen molar-refractivity contribution in [1.82, 2.24) is 29.5 Å². The highest BCUT2D eigenvalue weighted by atomic mass is 16.5. The van der Waals surface area contributed by atoms with Crippen LogP contribution in [-0.4, -0.2) is 56.3 Å². The van der Waals surface area contributed by atoms with Crippen LogP contribution in [0, 0.1) is 0 Å². The van der Waals surface area contributed by atoms with Crippen molar-refractivity contribution in [3.63, 3.8) is 0 Å². The number of carbonyl (C=O) groups excluding carboxylic acids is 1. The van der Waals surface area contributed by atoms with Crippen molar-refractivity contribution >= 4 is 11.7 Å². The molecule has 0 radical (unpaired) electrons. The molecule has 0 aromatic carbocycles. The molecular formula is C18H21N7O3.